The third kappa shape index (κ3) is 3.81. The fourth-order valence-electron chi connectivity index (χ4n) is 4.16. The molecule has 2 aliphatic rings. The van der Waals surface area contributed by atoms with Crippen molar-refractivity contribution in [1.29, 1.82) is 5.26 Å². The van der Waals surface area contributed by atoms with Crippen LogP contribution in [0.1, 0.15) is 37.0 Å². The quantitative estimate of drug-likeness (QED) is 0.672. The van der Waals surface area contributed by atoms with Gasteiger partial charge in [0.1, 0.15) is 17.4 Å². The van der Waals surface area contributed by atoms with Crippen molar-refractivity contribution >= 4 is 34.6 Å². The molecule has 0 spiro atoms. The molecule has 0 bridgehead atoms. The minimum absolute atomic E-state index is 0.0349. The number of hydrogen-bond donors (Lipinski definition) is 1. The lowest BCUT2D eigenvalue weighted by Gasteiger charge is -2.31. The minimum atomic E-state index is -4.76. The van der Waals surface area contributed by atoms with Gasteiger partial charge in [0.25, 0.3) is 5.91 Å². The summed E-state index contributed by atoms with van der Waals surface area (Å²) in [4.78, 5) is 16.0. The van der Waals surface area contributed by atoms with E-state index in [0.717, 1.165) is 22.6 Å². The van der Waals surface area contributed by atoms with E-state index in [2.05, 4.69) is 0 Å². The van der Waals surface area contributed by atoms with Crippen molar-refractivity contribution in [3.63, 3.8) is 0 Å². The van der Waals surface area contributed by atoms with E-state index in [1.807, 2.05) is 6.07 Å². The van der Waals surface area contributed by atoms with Crippen molar-refractivity contribution in [3.05, 3.63) is 53.1 Å². The Morgan fingerprint density at radius 1 is 1.24 bits per heavy atom. The van der Waals surface area contributed by atoms with Crippen molar-refractivity contribution < 1.29 is 27.8 Å². The fourth-order valence-corrected chi connectivity index (χ4v) is 4.68. The van der Waals surface area contributed by atoms with E-state index in [1.54, 1.807) is 30.9 Å². The highest BCUT2D eigenvalue weighted by molar-refractivity contribution is 7.81. The van der Waals surface area contributed by atoms with Gasteiger partial charge in [-0.25, -0.2) is 0 Å². The molecule has 33 heavy (non-hydrogen) atoms. The number of aliphatic hydroxyl groups is 1. The monoisotopic (exact) mass is 475 g/mol. The molecule has 172 valence electrons. The number of carbonyl (C=O) groups excluding carboxylic acids is 1. The number of thiocarbonyl (C=S) groups is 1. The number of alkyl halides is 3. The SMILES string of the molecule is CC1(C)C(=O)N(c2ccc(C#N)c(C(F)(F)F)c2)C(=S)N1c1ccc2c(c1)CCC(CO)O2. The highest BCUT2D eigenvalue weighted by Gasteiger charge is 2.51. The number of rotatable bonds is 3. The van der Waals surface area contributed by atoms with Gasteiger partial charge in [-0.3, -0.25) is 9.69 Å². The maximum Gasteiger partial charge on any atom is 0.417 e. The van der Waals surface area contributed by atoms with Gasteiger partial charge in [0, 0.05) is 5.69 Å². The molecule has 2 heterocycles. The zero-order valence-electron chi connectivity index (χ0n) is 17.8. The van der Waals surface area contributed by atoms with Crippen LogP contribution in [0.25, 0.3) is 0 Å². The summed E-state index contributed by atoms with van der Waals surface area (Å²) in [5, 5.41) is 18.4. The number of carbonyl (C=O) groups is 1. The first kappa shape index (κ1) is 23.0. The average molecular weight is 475 g/mol. The van der Waals surface area contributed by atoms with Crippen molar-refractivity contribution in [3.8, 4) is 11.8 Å². The van der Waals surface area contributed by atoms with Gasteiger partial charge in [-0.1, -0.05) is 0 Å². The molecule has 2 aromatic carbocycles. The largest absolute Gasteiger partial charge is 0.488 e. The first-order valence-corrected chi connectivity index (χ1v) is 10.6. The second-order valence-corrected chi connectivity index (χ2v) is 8.78. The van der Waals surface area contributed by atoms with Gasteiger partial charge in [-0.05, 0) is 80.9 Å². The van der Waals surface area contributed by atoms with E-state index in [4.69, 9.17) is 22.2 Å². The Bertz CT molecular complexity index is 1190. The average Bonchev–Trinajstić information content (AvgIpc) is 2.95. The molecule has 10 heteroatoms. The molecule has 0 saturated carbocycles. The Labute approximate surface area is 193 Å². The van der Waals surface area contributed by atoms with Gasteiger partial charge < -0.3 is 14.7 Å². The summed E-state index contributed by atoms with van der Waals surface area (Å²) in [6.45, 7) is 3.21. The van der Waals surface area contributed by atoms with Gasteiger partial charge in [-0.2, -0.15) is 18.4 Å². The molecule has 2 aromatic rings. The molecule has 1 saturated heterocycles. The summed E-state index contributed by atoms with van der Waals surface area (Å²) in [5.41, 5.74) is -1.39. The van der Waals surface area contributed by atoms with Crippen LogP contribution in [0.4, 0.5) is 24.5 Å². The van der Waals surface area contributed by atoms with Crippen molar-refractivity contribution in [2.24, 2.45) is 0 Å². The number of ether oxygens (including phenoxy) is 1. The first-order valence-electron chi connectivity index (χ1n) is 10.2. The Balaban J connectivity index is 1.74. The number of halogens is 3. The molecule has 2 aliphatic heterocycles. The second kappa shape index (κ2) is 8.01. The number of hydrogen-bond acceptors (Lipinski definition) is 5. The standard InChI is InChI=1S/C23H20F3N3O3S/c1-22(2)20(31)28(15-5-3-14(11-27)18(10-15)23(24,25)26)21(33)29(22)16-6-8-19-13(9-16)4-7-17(12-30)32-19/h3,5-6,8-10,17,30H,4,7,12H2,1-2H3. The Kier molecular flexibility index (Phi) is 5.58. The maximum absolute atomic E-state index is 13.5. The highest BCUT2D eigenvalue weighted by Crippen LogP contribution is 2.41. The van der Waals surface area contributed by atoms with Crippen LogP contribution in [0, 0.1) is 11.3 Å². The first-order chi connectivity index (χ1) is 15.5. The van der Waals surface area contributed by atoms with Crippen molar-refractivity contribution in [2.75, 3.05) is 16.4 Å². The number of anilines is 2. The van der Waals surface area contributed by atoms with Crippen LogP contribution in [0.15, 0.2) is 36.4 Å². The Morgan fingerprint density at radius 2 is 1.94 bits per heavy atom. The lowest BCUT2D eigenvalue weighted by Crippen LogP contribution is -2.44. The number of fused-ring (bicyclic) bond motifs is 1. The van der Waals surface area contributed by atoms with Crippen LogP contribution < -0.4 is 14.5 Å². The van der Waals surface area contributed by atoms with Crippen LogP contribution in [0.3, 0.4) is 0 Å². The molecule has 0 aliphatic carbocycles. The molecule has 1 atom stereocenters. The molecular weight excluding hydrogens is 455 g/mol. The third-order valence-corrected chi connectivity index (χ3v) is 6.26. The molecule has 1 unspecified atom stereocenters. The molecule has 4 rings (SSSR count). The van der Waals surface area contributed by atoms with Gasteiger partial charge in [0.15, 0.2) is 5.11 Å². The number of aryl methyl sites for hydroxylation is 1. The molecule has 1 amide bonds. The predicted octanol–water partition coefficient (Wildman–Crippen LogP) is 4.18. The summed E-state index contributed by atoms with van der Waals surface area (Å²) in [6, 6.07) is 9.94. The number of aliphatic hydroxyl groups excluding tert-OH is 1. The lowest BCUT2D eigenvalue weighted by atomic mass is 9.99. The molecule has 6 nitrogen and oxygen atoms in total. The Morgan fingerprint density at radius 3 is 2.58 bits per heavy atom. The van der Waals surface area contributed by atoms with Gasteiger partial charge in [-0.15, -0.1) is 0 Å². The van der Waals surface area contributed by atoms with E-state index in [-0.39, 0.29) is 23.5 Å². The molecule has 0 radical (unpaired) electrons. The van der Waals surface area contributed by atoms with Crippen LogP contribution in [-0.2, 0) is 17.4 Å². The van der Waals surface area contributed by atoms with E-state index in [0.29, 0.717) is 24.3 Å². The summed E-state index contributed by atoms with van der Waals surface area (Å²) < 4.78 is 46.2. The van der Waals surface area contributed by atoms with Gasteiger partial charge >= 0.3 is 6.18 Å². The van der Waals surface area contributed by atoms with Crippen molar-refractivity contribution in [2.45, 2.75) is 44.5 Å². The van der Waals surface area contributed by atoms with E-state index < -0.39 is 28.7 Å². The maximum atomic E-state index is 13.5. The van der Waals surface area contributed by atoms with E-state index >= 15 is 0 Å². The molecule has 1 fully saturated rings. The number of nitrogens with zero attached hydrogens (tertiary/aromatic N) is 3. The molecule has 0 aromatic heterocycles. The highest BCUT2D eigenvalue weighted by atomic mass is 32.1. The van der Waals surface area contributed by atoms with Crippen LogP contribution in [0.5, 0.6) is 5.75 Å². The van der Waals surface area contributed by atoms with Crippen LogP contribution in [-0.4, -0.2) is 34.4 Å². The predicted molar refractivity (Wildman–Crippen MR) is 119 cm³/mol. The van der Waals surface area contributed by atoms with Crippen LogP contribution >= 0.6 is 12.2 Å². The van der Waals surface area contributed by atoms with E-state index in [9.17, 15) is 23.1 Å². The fraction of sp³-hybridized carbons (Fsp3) is 0.348. The van der Waals surface area contributed by atoms with Gasteiger partial charge in [0.2, 0.25) is 0 Å². The minimum Gasteiger partial charge on any atom is -0.488 e. The normalized spacial score (nSPS) is 19.8. The van der Waals surface area contributed by atoms with E-state index in [1.165, 1.54) is 12.1 Å². The molecule has 1 N–H and O–H groups in total. The van der Waals surface area contributed by atoms with Crippen molar-refractivity contribution in [1.82, 2.24) is 0 Å². The summed E-state index contributed by atoms with van der Waals surface area (Å²) in [5.74, 6) is 0.150. The summed E-state index contributed by atoms with van der Waals surface area (Å²) >= 11 is 5.56. The summed E-state index contributed by atoms with van der Waals surface area (Å²) in [6.07, 6.45) is -3.73. The second-order valence-electron chi connectivity index (χ2n) is 8.41. The Hall–Kier alpha value is -3.16. The number of nitriles is 1. The summed E-state index contributed by atoms with van der Waals surface area (Å²) in [7, 11) is 0. The number of benzene rings is 2. The van der Waals surface area contributed by atoms with Gasteiger partial charge in [0.05, 0.1) is 29.5 Å². The smallest absolute Gasteiger partial charge is 0.417 e. The molecular formula is C23H20F3N3O3S. The zero-order chi connectivity index (χ0) is 24.1. The lowest BCUT2D eigenvalue weighted by molar-refractivity contribution is -0.137. The number of amides is 1. The third-order valence-electron chi connectivity index (χ3n) is 5.89. The van der Waals surface area contributed by atoms with Crippen LogP contribution in [0.2, 0.25) is 0 Å². The zero-order valence-corrected chi connectivity index (χ0v) is 18.6. The topological polar surface area (TPSA) is 76.8 Å².